The van der Waals surface area contributed by atoms with Crippen LogP contribution in [0.1, 0.15) is 189 Å². The molecule has 18 rings (SSSR count). The molecule has 0 saturated heterocycles. The number of nitrogens with two attached hydrogens (primary N) is 1. The largest absolute Gasteiger partial charge is 0.443 e. The molecule has 44 nitrogen and oxygen atoms in total. The predicted molar refractivity (Wildman–Crippen MR) is 552 cm³/mol. The quantitative estimate of drug-likeness (QED) is 0.0143. The molecule has 0 radical (unpaired) electrons. The number of aromatic nitrogens is 18. The van der Waals surface area contributed by atoms with E-state index in [1.54, 1.807) is 209 Å². The number of ether oxygens (including phenoxy) is 6. The number of carbonyl (C=O) groups excluding carboxylic acids is 7. The molecule has 4 saturated carbocycles. The van der Waals surface area contributed by atoms with E-state index in [0.29, 0.717) is 101 Å². The SMILES string of the molecule is CCO[C@@H]1CCC1CC(=O)c1cnn2c(N(C)C(=O)OC(C)(C)C)cc(Cl)nc12.CCO[C@@H]1CC[C@H]1NC(=O)c1cnn2c(N(C)C(=O)OC(C)(C)C)cc(Nc3cccn(-c4ccccn4)c3=O)nc12.CCO[C@@H]1CC[C@H]1NC(=O)c1cnn2c(NC)cc(Nc3cccn(-c4ccccn4)c3=O)nc12.CN(C(=O)OC(C)(C)C)c1cc(Cl)nc2c(C(=O)CC3CC[C@H]3O)cnn12.Nc1cccn(-c2ccccn2)c1=O. The van der Waals surface area contributed by atoms with E-state index in [-0.39, 0.29) is 139 Å². The lowest BCUT2D eigenvalue weighted by Gasteiger charge is -2.36. The molecule has 8 N–H and O–H groups in total. The zero-order valence-electron chi connectivity index (χ0n) is 84.3. The average molecular weight is 2050 g/mol. The molecule has 0 bridgehead atoms. The molecule has 0 spiro atoms. The maximum atomic E-state index is 13.4. The lowest BCUT2D eigenvalue weighted by molar-refractivity contribution is -0.0407. The standard InChI is InChI=1S/C29H34N8O5.C24H26N8O3.C20H27ClN4O4.C18H23ClN4O4.C10H9N3O/c1-6-41-21-13-12-19(21)33-26(38)18-17-31-37-24(35(5)28(40)42-29(2,3)4)16-22(34-25(18)37)32-20-10-9-15-36(27(20)39)23-11-7-8-14-30-23;1-3-35-18-10-9-16(18)29-23(33)15-14-27-32-21(25-2)13-19(30-22(15)32)28-17-7-6-12-31(24(17)34)20-8-4-5-11-26-20;1-6-28-15-8-7-12(15)9-14(26)13-11-22-25-17(10-16(21)23-18(13)25)24(5)19(27)29-20(2,3)4;1-18(2,3)27-17(26)22(4)15-8-14(19)21-16-11(9-20-23(15)16)13(25)7-10-5-6-12(10)24;11-8-4-3-7-13(10(8)14)9-5-1-2-6-12-9/h7-11,14-17,19,21H,6,12-13H2,1-5H3,(H,32,34)(H,33,38);4-8,11-14,16,18,25H,3,9-10H2,1-2H3,(H,28,30)(H,29,33);10-12,15H,6-9H2,1-5H3;8-10,12,24H,5-7H2,1-4H3;1-7H,11H2/t19-,21-;16-,18-;12?,15-;10?,12-;/m1111./s1. The number of aliphatic hydroxyl groups is 1. The molecule has 2 unspecified atom stereocenters. The first kappa shape index (κ1) is 107. The van der Waals surface area contributed by atoms with Crippen molar-refractivity contribution in [1.29, 1.82) is 0 Å². The van der Waals surface area contributed by atoms with Gasteiger partial charge in [-0.15, -0.1) is 0 Å². The number of carbonyl (C=O) groups is 7. The first-order chi connectivity index (χ1) is 70.1. The Hall–Kier alpha value is -15.5. The van der Waals surface area contributed by atoms with Crippen molar-refractivity contribution < 1.29 is 67.1 Å². The fraction of sp³-hybridized carbons (Fsp3) is 0.396. The number of Topliss-reactive ketones (excluding diaryl/α,β-unsaturated/α-hetero) is 2. The zero-order valence-corrected chi connectivity index (χ0v) is 85.8. The van der Waals surface area contributed by atoms with Gasteiger partial charge in [0, 0.05) is 122 Å². The van der Waals surface area contributed by atoms with E-state index >= 15 is 0 Å². The monoisotopic (exact) mass is 2050 g/mol. The lowest BCUT2D eigenvalue weighted by Crippen LogP contribution is -2.51. The first-order valence-corrected chi connectivity index (χ1v) is 48.7. The van der Waals surface area contributed by atoms with Crippen LogP contribution in [0.3, 0.4) is 0 Å². The van der Waals surface area contributed by atoms with E-state index in [2.05, 4.69) is 81.9 Å². The summed E-state index contributed by atoms with van der Waals surface area (Å²) in [5.74, 6) is 3.05. The van der Waals surface area contributed by atoms with Crippen molar-refractivity contribution in [3.05, 3.63) is 241 Å². The second-order valence-corrected chi connectivity index (χ2v) is 38.7. The summed E-state index contributed by atoms with van der Waals surface area (Å²) < 4.78 is 43.4. The molecule has 4 fully saturated rings. The molecule has 14 heterocycles. The van der Waals surface area contributed by atoms with Gasteiger partial charge in [-0.2, -0.15) is 38.5 Å². The van der Waals surface area contributed by atoms with Crippen molar-refractivity contribution in [3.8, 4) is 17.5 Å². The number of aliphatic hydroxyl groups excluding tert-OH is 1. The Kier molecular flexibility index (Phi) is 34.1. The fourth-order valence-corrected chi connectivity index (χ4v) is 16.4. The number of hydrogen-bond donors (Lipinski definition) is 7. The summed E-state index contributed by atoms with van der Waals surface area (Å²) in [6, 6.07) is 32.1. The van der Waals surface area contributed by atoms with E-state index < -0.39 is 41.2 Å². The van der Waals surface area contributed by atoms with Crippen molar-refractivity contribution >= 4 is 139 Å². The number of nitrogens with zero attached hydrogens (tertiary/aromatic N) is 21. The minimum Gasteiger partial charge on any atom is -0.443 e. The van der Waals surface area contributed by atoms with Crippen LogP contribution < -0.4 is 63.7 Å². The van der Waals surface area contributed by atoms with Gasteiger partial charge in [-0.3, -0.25) is 62.0 Å². The van der Waals surface area contributed by atoms with Crippen molar-refractivity contribution in [2.24, 2.45) is 11.8 Å². The van der Waals surface area contributed by atoms with Gasteiger partial charge < -0.3 is 65.8 Å². The van der Waals surface area contributed by atoms with E-state index in [9.17, 15) is 53.1 Å². The average Bonchev–Trinajstić information content (AvgIpc) is 1.63. The molecule has 8 atom stereocenters. The summed E-state index contributed by atoms with van der Waals surface area (Å²) in [6.45, 7) is 23.6. The molecule has 4 aliphatic rings. The van der Waals surface area contributed by atoms with Gasteiger partial charge in [-0.25, -0.2) is 49.3 Å². The highest BCUT2D eigenvalue weighted by atomic mass is 35.5. The van der Waals surface area contributed by atoms with Crippen molar-refractivity contribution in [2.75, 3.05) is 84.4 Å². The Morgan fingerprint density at radius 1 is 0.435 bits per heavy atom. The second-order valence-electron chi connectivity index (χ2n) is 37.9. The van der Waals surface area contributed by atoms with Crippen LogP contribution in [0.4, 0.5) is 66.4 Å². The van der Waals surface area contributed by atoms with Crippen molar-refractivity contribution in [1.82, 2.24) is 97.7 Å². The van der Waals surface area contributed by atoms with Crippen molar-refractivity contribution in [2.45, 2.75) is 201 Å². The molecule has 14 aromatic heterocycles. The molecule has 147 heavy (non-hydrogen) atoms. The maximum Gasteiger partial charge on any atom is 0.415 e. The molecule has 46 heteroatoms. The Morgan fingerprint density at radius 3 is 1.16 bits per heavy atom. The number of hydrogen-bond acceptors (Lipinski definition) is 32. The maximum absolute atomic E-state index is 13.4. The van der Waals surface area contributed by atoms with Gasteiger partial charge in [0.1, 0.15) is 102 Å². The third-order valence-electron chi connectivity index (χ3n) is 24.0. The van der Waals surface area contributed by atoms with Gasteiger partial charge in [0.15, 0.2) is 34.2 Å². The van der Waals surface area contributed by atoms with Gasteiger partial charge >= 0.3 is 18.3 Å². The molecule has 0 aromatic carbocycles. The second kappa shape index (κ2) is 46.7. The van der Waals surface area contributed by atoms with Crippen LogP contribution in [0, 0.1) is 11.8 Å². The molecule has 4 aliphatic carbocycles. The number of fused-ring (bicyclic) bond motifs is 4. The number of nitrogen functional groups attached to an aromatic ring is 1. The van der Waals surface area contributed by atoms with Gasteiger partial charge in [0.2, 0.25) is 0 Å². The molecular formula is C101H119Cl2N27O17. The number of amides is 5. The van der Waals surface area contributed by atoms with Crippen LogP contribution in [0.5, 0.6) is 0 Å². The third-order valence-corrected chi connectivity index (χ3v) is 24.4. The van der Waals surface area contributed by atoms with E-state index in [1.807, 2.05) is 32.9 Å². The number of pyridine rings is 6. The minimum atomic E-state index is -0.742. The van der Waals surface area contributed by atoms with Crippen LogP contribution in [0.2, 0.25) is 10.3 Å². The zero-order chi connectivity index (χ0) is 106. The van der Waals surface area contributed by atoms with E-state index in [0.717, 1.165) is 51.4 Å². The number of anilines is 9. The lowest BCUT2D eigenvalue weighted by atomic mass is 9.78. The first-order valence-electron chi connectivity index (χ1n) is 47.9. The Labute approximate surface area is 854 Å². The molecule has 0 aliphatic heterocycles. The summed E-state index contributed by atoms with van der Waals surface area (Å²) >= 11 is 12.3. The van der Waals surface area contributed by atoms with Crippen LogP contribution in [0.15, 0.2) is 192 Å². The van der Waals surface area contributed by atoms with Gasteiger partial charge in [-0.1, -0.05) is 41.4 Å². The third kappa shape index (κ3) is 25.9. The fourth-order valence-electron chi connectivity index (χ4n) is 16.0. The summed E-state index contributed by atoms with van der Waals surface area (Å²) in [5.41, 5.74) is 5.71. The van der Waals surface area contributed by atoms with Crippen LogP contribution >= 0.6 is 23.2 Å². The van der Waals surface area contributed by atoms with E-state index in [1.165, 1.54) is 93.0 Å². The van der Waals surface area contributed by atoms with Crippen molar-refractivity contribution in [3.63, 3.8) is 0 Å². The highest BCUT2D eigenvalue weighted by Crippen LogP contribution is 2.38. The van der Waals surface area contributed by atoms with Gasteiger partial charge in [0.25, 0.3) is 28.5 Å². The number of halogens is 2. The number of ketones is 2. The molecular weight excluding hydrogens is 1930 g/mol. The Bertz CT molecular complexity index is 7300. The van der Waals surface area contributed by atoms with Crippen LogP contribution in [0.25, 0.3) is 40.0 Å². The topological polar surface area (TPSA) is 516 Å². The smallest absolute Gasteiger partial charge is 0.415 e. The number of rotatable bonds is 27. The Balaban J connectivity index is 0.000000150. The molecule has 5 amide bonds. The van der Waals surface area contributed by atoms with Crippen LogP contribution in [-0.4, -0.2) is 235 Å². The summed E-state index contributed by atoms with van der Waals surface area (Å²) in [5, 5.41) is 42.5. The minimum absolute atomic E-state index is 0.0307. The summed E-state index contributed by atoms with van der Waals surface area (Å²) in [7, 11) is 6.37. The number of nitrogens with one attached hydrogen (secondary N) is 5. The normalized spacial score (nSPS) is 17.1. The highest BCUT2D eigenvalue weighted by molar-refractivity contribution is 6.30. The predicted octanol–water partition coefficient (Wildman–Crippen LogP) is 14.1. The Morgan fingerprint density at radius 2 is 0.796 bits per heavy atom. The van der Waals surface area contributed by atoms with E-state index in [4.69, 9.17) is 57.4 Å². The summed E-state index contributed by atoms with van der Waals surface area (Å²) in [4.78, 5) is 162. The van der Waals surface area contributed by atoms with Gasteiger partial charge in [0.05, 0.1) is 78.1 Å². The molecule has 774 valence electrons. The summed E-state index contributed by atoms with van der Waals surface area (Å²) in [6.07, 6.45) is 21.1. The molecule has 14 aromatic rings. The highest BCUT2D eigenvalue weighted by Gasteiger charge is 2.39. The van der Waals surface area contributed by atoms with Crippen LogP contribution in [-0.2, 0) is 28.4 Å². The van der Waals surface area contributed by atoms with Gasteiger partial charge in [-0.05, 0) is 219 Å².